The predicted molar refractivity (Wildman–Crippen MR) is 56.1 cm³/mol. The van der Waals surface area contributed by atoms with Crippen molar-refractivity contribution in [1.29, 1.82) is 0 Å². The summed E-state index contributed by atoms with van der Waals surface area (Å²) in [6, 6.07) is 0. The fourth-order valence-electron chi connectivity index (χ4n) is 1.44. The van der Waals surface area contributed by atoms with Gasteiger partial charge in [-0.3, -0.25) is 4.90 Å². The zero-order valence-corrected chi connectivity index (χ0v) is 9.28. The lowest BCUT2D eigenvalue weighted by molar-refractivity contribution is -0.0942. The van der Waals surface area contributed by atoms with Crippen molar-refractivity contribution in [1.82, 2.24) is 4.90 Å². The van der Waals surface area contributed by atoms with Gasteiger partial charge in [0, 0.05) is 13.1 Å². The molecule has 0 rings (SSSR count). The molecule has 0 bridgehead atoms. The molecule has 0 aromatic rings. The van der Waals surface area contributed by atoms with Crippen LogP contribution in [0.25, 0.3) is 0 Å². The Morgan fingerprint density at radius 2 is 1.71 bits per heavy atom. The summed E-state index contributed by atoms with van der Waals surface area (Å²) in [7, 11) is 0. The Morgan fingerprint density at radius 3 is 2.07 bits per heavy atom. The van der Waals surface area contributed by atoms with Crippen LogP contribution >= 0.6 is 0 Å². The third-order valence-corrected chi connectivity index (χ3v) is 1.99. The first-order valence-corrected chi connectivity index (χ1v) is 5.37. The van der Waals surface area contributed by atoms with Gasteiger partial charge in [-0.25, -0.2) is 0 Å². The summed E-state index contributed by atoms with van der Waals surface area (Å²) < 4.78 is 5.33. The average molecular weight is 205 g/mol. The first-order chi connectivity index (χ1) is 6.79. The number of ether oxygens (including phenoxy) is 1. The Bertz CT molecular complexity index is 116. The van der Waals surface area contributed by atoms with Crippen LogP contribution in [0.4, 0.5) is 0 Å². The van der Waals surface area contributed by atoms with E-state index in [1.165, 1.54) is 0 Å². The smallest absolute Gasteiger partial charge is 0.134 e. The Hall–Kier alpha value is -0.160. The normalized spacial score (nSPS) is 13.5. The maximum absolute atomic E-state index is 9.13. The van der Waals surface area contributed by atoms with Crippen molar-refractivity contribution in [3.05, 3.63) is 0 Å². The number of hydrogen-bond acceptors (Lipinski definition) is 4. The quantitative estimate of drug-likeness (QED) is 0.536. The molecule has 0 fully saturated rings. The van der Waals surface area contributed by atoms with Crippen molar-refractivity contribution in [2.24, 2.45) is 0 Å². The number of aliphatic hydroxyl groups is 2. The Morgan fingerprint density at radius 1 is 1.14 bits per heavy atom. The van der Waals surface area contributed by atoms with Gasteiger partial charge in [-0.2, -0.15) is 0 Å². The van der Waals surface area contributed by atoms with E-state index in [1.54, 1.807) is 0 Å². The highest BCUT2D eigenvalue weighted by molar-refractivity contribution is 4.61. The molecular formula is C10H23NO3. The lowest BCUT2D eigenvalue weighted by atomic mass is 10.3. The molecule has 4 heteroatoms. The van der Waals surface area contributed by atoms with Crippen LogP contribution in [0.1, 0.15) is 26.7 Å². The molecule has 1 atom stereocenters. The fraction of sp³-hybridized carbons (Fsp3) is 1.00. The maximum atomic E-state index is 9.13. The van der Waals surface area contributed by atoms with Crippen LogP contribution in [0, 0.1) is 0 Å². The van der Waals surface area contributed by atoms with Crippen LogP contribution in [0.15, 0.2) is 0 Å². The summed E-state index contributed by atoms with van der Waals surface area (Å²) in [6.07, 6.45) is 1.82. The lowest BCUT2D eigenvalue weighted by Gasteiger charge is -2.29. The van der Waals surface area contributed by atoms with Gasteiger partial charge in [-0.15, -0.1) is 0 Å². The Labute approximate surface area is 86.5 Å². The highest BCUT2D eigenvalue weighted by Gasteiger charge is 2.15. The fourth-order valence-corrected chi connectivity index (χ4v) is 1.44. The second-order valence-electron chi connectivity index (χ2n) is 3.27. The van der Waals surface area contributed by atoms with E-state index in [1.807, 2.05) is 0 Å². The van der Waals surface area contributed by atoms with Crippen LogP contribution in [-0.4, -0.2) is 54.3 Å². The minimum Gasteiger partial charge on any atom is -0.394 e. The molecule has 0 saturated heterocycles. The highest BCUT2D eigenvalue weighted by atomic mass is 16.5. The van der Waals surface area contributed by atoms with Crippen LogP contribution < -0.4 is 0 Å². The summed E-state index contributed by atoms with van der Waals surface area (Å²) in [5, 5.41) is 17.8. The second-order valence-corrected chi connectivity index (χ2v) is 3.27. The summed E-state index contributed by atoms with van der Waals surface area (Å²) in [5.74, 6) is 0. The molecule has 0 radical (unpaired) electrons. The average Bonchev–Trinajstić information content (AvgIpc) is 2.19. The van der Waals surface area contributed by atoms with Gasteiger partial charge in [0.2, 0.25) is 0 Å². The summed E-state index contributed by atoms with van der Waals surface area (Å²) >= 11 is 0. The monoisotopic (exact) mass is 205 g/mol. The van der Waals surface area contributed by atoms with Crippen molar-refractivity contribution in [2.75, 3.05) is 32.9 Å². The van der Waals surface area contributed by atoms with Gasteiger partial charge in [0.1, 0.15) is 6.23 Å². The Kier molecular flexibility index (Phi) is 9.29. The molecule has 0 amide bonds. The van der Waals surface area contributed by atoms with Gasteiger partial charge in [-0.05, 0) is 12.8 Å². The van der Waals surface area contributed by atoms with Crippen LogP contribution in [0.5, 0.6) is 0 Å². The van der Waals surface area contributed by atoms with Crippen LogP contribution in [0.3, 0.4) is 0 Å². The molecule has 0 aliphatic rings. The minimum atomic E-state index is -0.262. The third-order valence-electron chi connectivity index (χ3n) is 1.99. The molecule has 0 aromatic heterocycles. The van der Waals surface area contributed by atoms with E-state index in [4.69, 9.17) is 14.9 Å². The van der Waals surface area contributed by atoms with Crippen LogP contribution in [0.2, 0.25) is 0 Å². The first-order valence-electron chi connectivity index (χ1n) is 5.37. The molecule has 1 unspecified atom stereocenters. The summed E-state index contributed by atoms with van der Waals surface area (Å²) in [4.78, 5) is 2.11. The standard InChI is InChI=1S/C10H23NO3/c1-3-5-11(6-4-2)10(9-13)14-8-7-12/h10,12-13H,3-9H2,1-2H3. The van der Waals surface area contributed by atoms with E-state index < -0.39 is 0 Å². The van der Waals surface area contributed by atoms with E-state index in [9.17, 15) is 0 Å². The summed E-state index contributed by atoms with van der Waals surface area (Å²) in [5.41, 5.74) is 0. The van der Waals surface area contributed by atoms with Crippen molar-refractivity contribution in [3.8, 4) is 0 Å². The number of rotatable bonds is 9. The van der Waals surface area contributed by atoms with E-state index in [-0.39, 0.29) is 26.0 Å². The maximum Gasteiger partial charge on any atom is 0.134 e. The largest absolute Gasteiger partial charge is 0.394 e. The molecule has 86 valence electrons. The predicted octanol–water partition coefficient (Wildman–Crippen LogP) is 0.436. The first kappa shape index (κ1) is 13.8. The van der Waals surface area contributed by atoms with Gasteiger partial charge in [0.15, 0.2) is 0 Å². The van der Waals surface area contributed by atoms with Crippen LogP contribution in [-0.2, 0) is 4.74 Å². The topological polar surface area (TPSA) is 52.9 Å². The van der Waals surface area contributed by atoms with Gasteiger partial charge in [0.05, 0.1) is 19.8 Å². The number of hydrogen-bond donors (Lipinski definition) is 2. The molecule has 0 aliphatic carbocycles. The molecule has 14 heavy (non-hydrogen) atoms. The minimum absolute atomic E-state index is 0.00257. The molecule has 0 saturated carbocycles. The van der Waals surface area contributed by atoms with Gasteiger partial charge < -0.3 is 14.9 Å². The zero-order chi connectivity index (χ0) is 10.8. The van der Waals surface area contributed by atoms with Gasteiger partial charge in [-0.1, -0.05) is 13.8 Å². The SMILES string of the molecule is CCCN(CCC)C(CO)OCCO. The van der Waals surface area contributed by atoms with Crippen molar-refractivity contribution in [2.45, 2.75) is 32.9 Å². The third kappa shape index (κ3) is 5.54. The molecule has 4 nitrogen and oxygen atoms in total. The molecule has 0 aromatic carbocycles. The number of nitrogens with zero attached hydrogens (tertiary/aromatic N) is 1. The number of aliphatic hydroxyl groups excluding tert-OH is 2. The van der Waals surface area contributed by atoms with Crippen molar-refractivity contribution < 1.29 is 14.9 Å². The van der Waals surface area contributed by atoms with Crippen molar-refractivity contribution in [3.63, 3.8) is 0 Å². The molecule has 2 N–H and O–H groups in total. The molecule has 0 aliphatic heterocycles. The lowest BCUT2D eigenvalue weighted by Crippen LogP contribution is -2.41. The van der Waals surface area contributed by atoms with E-state index >= 15 is 0 Å². The molecule has 0 heterocycles. The highest BCUT2D eigenvalue weighted by Crippen LogP contribution is 2.03. The zero-order valence-electron chi connectivity index (χ0n) is 9.28. The van der Waals surface area contributed by atoms with E-state index in [0.29, 0.717) is 0 Å². The second kappa shape index (κ2) is 9.40. The van der Waals surface area contributed by atoms with Gasteiger partial charge >= 0.3 is 0 Å². The molecule has 0 spiro atoms. The Balaban J connectivity index is 3.96. The van der Waals surface area contributed by atoms with Gasteiger partial charge in [0.25, 0.3) is 0 Å². The summed E-state index contributed by atoms with van der Waals surface area (Å²) in [6.45, 7) is 6.32. The molecular weight excluding hydrogens is 182 g/mol. The van der Waals surface area contributed by atoms with E-state index in [0.717, 1.165) is 25.9 Å². The van der Waals surface area contributed by atoms with Crippen molar-refractivity contribution >= 4 is 0 Å². The van der Waals surface area contributed by atoms with E-state index in [2.05, 4.69) is 18.7 Å².